The first kappa shape index (κ1) is 16.9. The highest BCUT2D eigenvalue weighted by Crippen LogP contribution is 2.12. The van der Waals surface area contributed by atoms with Crippen molar-refractivity contribution in [2.75, 3.05) is 6.61 Å². The SMILES string of the molecule is CCCCCC(O)CCCCCCCCCO. The van der Waals surface area contributed by atoms with Crippen LogP contribution in [0.25, 0.3) is 0 Å². The first-order valence-electron chi connectivity index (χ1n) is 7.60. The first-order valence-corrected chi connectivity index (χ1v) is 7.60. The van der Waals surface area contributed by atoms with Crippen LogP contribution in [0, 0.1) is 0 Å². The van der Waals surface area contributed by atoms with E-state index in [1.165, 1.54) is 51.4 Å². The van der Waals surface area contributed by atoms with Crippen molar-refractivity contribution < 1.29 is 10.2 Å². The van der Waals surface area contributed by atoms with Crippen molar-refractivity contribution in [3.63, 3.8) is 0 Å². The van der Waals surface area contributed by atoms with Crippen LogP contribution in [0.1, 0.15) is 84.0 Å². The van der Waals surface area contributed by atoms with Crippen LogP contribution in [0.2, 0.25) is 0 Å². The smallest absolute Gasteiger partial charge is 0.0540 e. The highest BCUT2D eigenvalue weighted by molar-refractivity contribution is 4.56. The van der Waals surface area contributed by atoms with E-state index in [0.29, 0.717) is 6.61 Å². The zero-order valence-electron chi connectivity index (χ0n) is 11.7. The van der Waals surface area contributed by atoms with Crippen LogP contribution < -0.4 is 0 Å². The maximum atomic E-state index is 9.72. The van der Waals surface area contributed by atoms with Crippen LogP contribution in [-0.2, 0) is 0 Å². The molecule has 0 aliphatic carbocycles. The van der Waals surface area contributed by atoms with Crippen molar-refractivity contribution in [3.8, 4) is 0 Å². The van der Waals surface area contributed by atoms with E-state index in [2.05, 4.69) is 6.92 Å². The Bertz CT molecular complexity index is 137. The molecule has 0 spiro atoms. The maximum absolute atomic E-state index is 9.72. The van der Waals surface area contributed by atoms with Crippen molar-refractivity contribution in [2.24, 2.45) is 0 Å². The van der Waals surface area contributed by atoms with Gasteiger partial charge in [0.2, 0.25) is 0 Å². The average Bonchev–Trinajstić information content (AvgIpc) is 2.33. The lowest BCUT2D eigenvalue weighted by molar-refractivity contribution is 0.147. The molecular formula is C15H32O2. The van der Waals surface area contributed by atoms with Gasteiger partial charge in [-0.05, 0) is 19.3 Å². The number of hydrogen-bond donors (Lipinski definition) is 2. The van der Waals surface area contributed by atoms with Gasteiger partial charge in [0.05, 0.1) is 6.10 Å². The van der Waals surface area contributed by atoms with Crippen LogP contribution in [-0.4, -0.2) is 22.9 Å². The Morgan fingerprint density at radius 1 is 0.706 bits per heavy atom. The summed E-state index contributed by atoms with van der Waals surface area (Å²) in [5, 5.41) is 18.3. The molecule has 0 aromatic heterocycles. The fourth-order valence-electron chi connectivity index (χ4n) is 2.15. The molecule has 2 heteroatoms. The second-order valence-corrected chi connectivity index (χ2v) is 5.14. The minimum Gasteiger partial charge on any atom is -0.396 e. The molecule has 0 heterocycles. The fraction of sp³-hybridized carbons (Fsp3) is 1.00. The number of rotatable bonds is 13. The van der Waals surface area contributed by atoms with Crippen molar-refractivity contribution in [3.05, 3.63) is 0 Å². The van der Waals surface area contributed by atoms with Crippen LogP contribution in [0.15, 0.2) is 0 Å². The molecule has 0 aliphatic heterocycles. The molecule has 1 atom stereocenters. The Hall–Kier alpha value is -0.0800. The van der Waals surface area contributed by atoms with Crippen LogP contribution in [0.4, 0.5) is 0 Å². The summed E-state index contributed by atoms with van der Waals surface area (Å²) in [4.78, 5) is 0. The van der Waals surface area contributed by atoms with Gasteiger partial charge < -0.3 is 10.2 Å². The van der Waals surface area contributed by atoms with Crippen LogP contribution in [0.3, 0.4) is 0 Å². The number of hydrogen-bond acceptors (Lipinski definition) is 2. The molecule has 0 bridgehead atoms. The van der Waals surface area contributed by atoms with Gasteiger partial charge in [-0.1, -0.05) is 64.7 Å². The molecule has 0 amide bonds. The predicted octanol–water partition coefficient (Wildman–Crippen LogP) is 4.04. The fourth-order valence-corrected chi connectivity index (χ4v) is 2.15. The normalized spacial score (nSPS) is 12.9. The minimum atomic E-state index is -0.0593. The molecular weight excluding hydrogens is 212 g/mol. The molecule has 0 radical (unpaired) electrons. The Labute approximate surface area is 107 Å². The Morgan fingerprint density at radius 3 is 1.71 bits per heavy atom. The molecule has 0 saturated carbocycles. The van der Waals surface area contributed by atoms with E-state index < -0.39 is 0 Å². The second-order valence-electron chi connectivity index (χ2n) is 5.14. The van der Waals surface area contributed by atoms with E-state index >= 15 is 0 Å². The molecule has 0 aromatic rings. The van der Waals surface area contributed by atoms with Crippen molar-refractivity contribution in [1.82, 2.24) is 0 Å². The standard InChI is InChI=1S/C15H32O2/c1-2-3-9-12-15(17)13-10-7-5-4-6-8-11-14-16/h15-17H,2-14H2,1H3. The summed E-state index contributed by atoms with van der Waals surface area (Å²) in [5.41, 5.74) is 0. The summed E-state index contributed by atoms with van der Waals surface area (Å²) in [5.74, 6) is 0. The van der Waals surface area contributed by atoms with Gasteiger partial charge in [0.15, 0.2) is 0 Å². The highest BCUT2D eigenvalue weighted by Gasteiger charge is 2.02. The molecule has 0 aliphatic rings. The van der Waals surface area contributed by atoms with E-state index in [4.69, 9.17) is 5.11 Å². The summed E-state index contributed by atoms with van der Waals surface area (Å²) in [6.07, 6.45) is 13.9. The molecule has 104 valence electrons. The largest absolute Gasteiger partial charge is 0.396 e. The van der Waals surface area contributed by atoms with E-state index in [9.17, 15) is 5.11 Å². The third-order valence-electron chi connectivity index (χ3n) is 3.34. The van der Waals surface area contributed by atoms with Crippen LogP contribution in [0.5, 0.6) is 0 Å². The number of aliphatic hydroxyl groups is 2. The third kappa shape index (κ3) is 13.9. The van der Waals surface area contributed by atoms with Gasteiger partial charge in [0.1, 0.15) is 0 Å². The monoisotopic (exact) mass is 244 g/mol. The van der Waals surface area contributed by atoms with Gasteiger partial charge in [-0.15, -0.1) is 0 Å². The molecule has 1 unspecified atom stereocenters. The Morgan fingerprint density at radius 2 is 1.18 bits per heavy atom. The molecule has 2 N–H and O–H groups in total. The molecule has 17 heavy (non-hydrogen) atoms. The Balaban J connectivity index is 3.05. The molecule has 0 aromatic carbocycles. The predicted molar refractivity (Wildman–Crippen MR) is 74.2 cm³/mol. The van der Waals surface area contributed by atoms with Gasteiger partial charge in [-0.2, -0.15) is 0 Å². The lowest BCUT2D eigenvalue weighted by Crippen LogP contribution is -2.05. The minimum absolute atomic E-state index is 0.0593. The summed E-state index contributed by atoms with van der Waals surface area (Å²) in [6.45, 7) is 2.53. The topological polar surface area (TPSA) is 40.5 Å². The lowest BCUT2D eigenvalue weighted by atomic mass is 10.0. The molecule has 0 rings (SSSR count). The van der Waals surface area contributed by atoms with Gasteiger partial charge in [-0.25, -0.2) is 0 Å². The van der Waals surface area contributed by atoms with Crippen molar-refractivity contribution >= 4 is 0 Å². The quantitative estimate of drug-likeness (QED) is 0.480. The van der Waals surface area contributed by atoms with Gasteiger partial charge in [-0.3, -0.25) is 0 Å². The van der Waals surface area contributed by atoms with Gasteiger partial charge in [0, 0.05) is 6.61 Å². The van der Waals surface area contributed by atoms with Gasteiger partial charge in [0.25, 0.3) is 0 Å². The molecule has 0 fully saturated rings. The van der Waals surface area contributed by atoms with E-state index in [0.717, 1.165) is 25.7 Å². The summed E-state index contributed by atoms with van der Waals surface area (Å²) in [6, 6.07) is 0. The first-order chi connectivity index (χ1) is 8.31. The maximum Gasteiger partial charge on any atom is 0.0540 e. The summed E-state index contributed by atoms with van der Waals surface area (Å²) >= 11 is 0. The molecule has 2 nitrogen and oxygen atoms in total. The van der Waals surface area contributed by atoms with Crippen molar-refractivity contribution in [1.29, 1.82) is 0 Å². The van der Waals surface area contributed by atoms with E-state index in [1.807, 2.05) is 0 Å². The third-order valence-corrected chi connectivity index (χ3v) is 3.34. The number of aliphatic hydroxyl groups excluding tert-OH is 2. The zero-order valence-corrected chi connectivity index (χ0v) is 11.7. The Kier molecular flexibility index (Phi) is 13.9. The van der Waals surface area contributed by atoms with E-state index in [1.54, 1.807) is 0 Å². The number of unbranched alkanes of at least 4 members (excludes halogenated alkanes) is 8. The summed E-state index contributed by atoms with van der Waals surface area (Å²) < 4.78 is 0. The van der Waals surface area contributed by atoms with Crippen molar-refractivity contribution in [2.45, 2.75) is 90.1 Å². The van der Waals surface area contributed by atoms with Crippen LogP contribution >= 0.6 is 0 Å². The lowest BCUT2D eigenvalue weighted by Gasteiger charge is -2.09. The average molecular weight is 244 g/mol. The summed E-state index contributed by atoms with van der Waals surface area (Å²) in [7, 11) is 0. The second kappa shape index (κ2) is 14.0. The molecule has 0 saturated heterocycles. The highest BCUT2D eigenvalue weighted by atomic mass is 16.3. The van der Waals surface area contributed by atoms with E-state index in [-0.39, 0.29) is 6.10 Å². The van der Waals surface area contributed by atoms with Gasteiger partial charge >= 0.3 is 0 Å². The zero-order chi connectivity index (χ0) is 12.8.